The van der Waals surface area contributed by atoms with Gasteiger partial charge in [-0.2, -0.15) is 0 Å². The van der Waals surface area contributed by atoms with Crippen LogP contribution in [0.2, 0.25) is 0 Å². The predicted octanol–water partition coefficient (Wildman–Crippen LogP) is 0.991. The number of nitrogen functional groups attached to an aromatic ring is 1. The third-order valence-corrected chi connectivity index (χ3v) is 2.98. The lowest BCUT2D eigenvalue weighted by atomic mass is 10.2. The Kier molecular flexibility index (Phi) is 4.57. The number of primary amides is 1. The second-order valence-corrected chi connectivity index (χ2v) is 4.83. The van der Waals surface area contributed by atoms with Crippen molar-refractivity contribution in [3.8, 4) is 0 Å². The van der Waals surface area contributed by atoms with Crippen molar-refractivity contribution in [1.82, 2.24) is 4.98 Å². The second-order valence-electron chi connectivity index (χ2n) is 4.83. The molecule has 1 heterocycles. The minimum absolute atomic E-state index is 0.318. The van der Waals surface area contributed by atoms with Crippen LogP contribution in [-0.4, -0.2) is 30.6 Å². The third-order valence-electron chi connectivity index (χ3n) is 2.98. The Bertz CT molecular complexity index is 446. The summed E-state index contributed by atoms with van der Waals surface area (Å²) in [7, 11) is 0. The molecule has 6 nitrogen and oxygen atoms in total. The first-order chi connectivity index (χ1) is 9.16. The molecule has 0 aliphatic heterocycles. The van der Waals surface area contributed by atoms with Crippen LogP contribution in [0.3, 0.4) is 0 Å². The third kappa shape index (κ3) is 4.40. The SMILES string of the molecule is NC(=O)c1cc(N)cnc1NCCCOCC1CC1. The van der Waals surface area contributed by atoms with Gasteiger partial charge in [0.2, 0.25) is 0 Å². The van der Waals surface area contributed by atoms with Crippen LogP contribution < -0.4 is 16.8 Å². The van der Waals surface area contributed by atoms with E-state index in [1.165, 1.54) is 25.1 Å². The molecule has 104 valence electrons. The molecule has 1 aliphatic carbocycles. The summed E-state index contributed by atoms with van der Waals surface area (Å²) < 4.78 is 5.52. The van der Waals surface area contributed by atoms with Gasteiger partial charge in [0.25, 0.3) is 5.91 Å². The Balaban J connectivity index is 1.73. The van der Waals surface area contributed by atoms with Gasteiger partial charge in [0.15, 0.2) is 0 Å². The largest absolute Gasteiger partial charge is 0.397 e. The van der Waals surface area contributed by atoms with E-state index in [2.05, 4.69) is 10.3 Å². The molecule has 19 heavy (non-hydrogen) atoms. The van der Waals surface area contributed by atoms with Crippen molar-refractivity contribution in [3.63, 3.8) is 0 Å². The molecule has 6 heteroatoms. The maximum absolute atomic E-state index is 11.3. The highest BCUT2D eigenvalue weighted by molar-refractivity contribution is 5.98. The van der Waals surface area contributed by atoms with Crippen molar-refractivity contribution < 1.29 is 9.53 Å². The average Bonchev–Trinajstić information content (AvgIpc) is 3.19. The lowest BCUT2D eigenvalue weighted by Gasteiger charge is -2.09. The Hall–Kier alpha value is -1.82. The lowest BCUT2D eigenvalue weighted by Crippen LogP contribution is -2.17. The zero-order valence-corrected chi connectivity index (χ0v) is 10.9. The van der Waals surface area contributed by atoms with Gasteiger partial charge in [-0.15, -0.1) is 0 Å². The van der Waals surface area contributed by atoms with Crippen LogP contribution in [0, 0.1) is 5.92 Å². The van der Waals surface area contributed by atoms with E-state index in [1.807, 2.05) is 0 Å². The molecule has 1 amide bonds. The van der Waals surface area contributed by atoms with Gasteiger partial charge < -0.3 is 21.5 Å². The van der Waals surface area contributed by atoms with E-state index in [0.717, 1.165) is 18.9 Å². The summed E-state index contributed by atoms with van der Waals surface area (Å²) in [6, 6.07) is 1.53. The fourth-order valence-corrected chi connectivity index (χ4v) is 1.73. The van der Waals surface area contributed by atoms with Crippen LogP contribution in [0.5, 0.6) is 0 Å². The van der Waals surface area contributed by atoms with Crippen molar-refractivity contribution in [2.24, 2.45) is 11.7 Å². The Morgan fingerprint density at radius 2 is 2.32 bits per heavy atom. The van der Waals surface area contributed by atoms with Crippen molar-refractivity contribution in [3.05, 3.63) is 17.8 Å². The molecule has 0 radical (unpaired) electrons. The molecule has 1 aromatic heterocycles. The second kappa shape index (κ2) is 6.38. The highest BCUT2D eigenvalue weighted by Crippen LogP contribution is 2.28. The molecule has 1 aliphatic rings. The lowest BCUT2D eigenvalue weighted by molar-refractivity contribution is 0.100. The molecule has 0 spiro atoms. The number of rotatable bonds is 8. The number of nitrogens with two attached hydrogens (primary N) is 2. The predicted molar refractivity (Wildman–Crippen MR) is 73.8 cm³/mol. The molecule has 1 saturated carbocycles. The zero-order valence-electron chi connectivity index (χ0n) is 10.9. The van der Waals surface area contributed by atoms with Crippen molar-refractivity contribution in [1.29, 1.82) is 0 Å². The molecule has 0 saturated heterocycles. The first kappa shape index (κ1) is 13.6. The van der Waals surface area contributed by atoms with Gasteiger partial charge in [0.05, 0.1) is 17.4 Å². The van der Waals surface area contributed by atoms with E-state index in [0.29, 0.717) is 30.2 Å². The molecule has 2 rings (SSSR count). The number of nitrogens with zero attached hydrogens (tertiary/aromatic N) is 1. The van der Waals surface area contributed by atoms with Gasteiger partial charge in [0.1, 0.15) is 5.82 Å². The van der Waals surface area contributed by atoms with Crippen LogP contribution in [0.25, 0.3) is 0 Å². The maximum Gasteiger partial charge on any atom is 0.252 e. The van der Waals surface area contributed by atoms with Crippen LogP contribution in [0.1, 0.15) is 29.6 Å². The van der Waals surface area contributed by atoms with Gasteiger partial charge in [-0.05, 0) is 31.2 Å². The molecule has 0 unspecified atom stereocenters. The number of hydrogen-bond acceptors (Lipinski definition) is 5. The number of anilines is 2. The molecular formula is C13H20N4O2. The van der Waals surface area contributed by atoms with Gasteiger partial charge in [-0.3, -0.25) is 4.79 Å². The molecular weight excluding hydrogens is 244 g/mol. The zero-order chi connectivity index (χ0) is 13.7. The van der Waals surface area contributed by atoms with E-state index in [1.54, 1.807) is 0 Å². The van der Waals surface area contributed by atoms with Crippen LogP contribution >= 0.6 is 0 Å². The molecule has 1 aromatic rings. The van der Waals surface area contributed by atoms with Crippen molar-refractivity contribution in [2.75, 3.05) is 30.8 Å². The number of nitrogens with one attached hydrogen (secondary N) is 1. The molecule has 0 atom stereocenters. The van der Waals surface area contributed by atoms with Crippen LogP contribution in [0.4, 0.5) is 11.5 Å². The maximum atomic E-state index is 11.3. The summed E-state index contributed by atoms with van der Waals surface area (Å²) in [6.07, 6.45) is 4.96. The topological polar surface area (TPSA) is 103 Å². The Morgan fingerprint density at radius 3 is 3.00 bits per heavy atom. The molecule has 1 fully saturated rings. The van der Waals surface area contributed by atoms with Crippen LogP contribution in [-0.2, 0) is 4.74 Å². The monoisotopic (exact) mass is 264 g/mol. The molecule has 0 aromatic carbocycles. The van der Waals surface area contributed by atoms with E-state index in [-0.39, 0.29) is 0 Å². The average molecular weight is 264 g/mol. The molecule has 5 N–H and O–H groups in total. The smallest absolute Gasteiger partial charge is 0.252 e. The fraction of sp³-hybridized carbons (Fsp3) is 0.538. The summed E-state index contributed by atoms with van der Waals surface area (Å²) in [5, 5.41) is 3.08. The minimum atomic E-state index is -0.535. The summed E-state index contributed by atoms with van der Waals surface area (Å²) in [5.41, 5.74) is 11.6. The summed E-state index contributed by atoms with van der Waals surface area (Å²) >= 11 is 0. The first-order valence-corrected chi connectivity index (χ1v) is 6.53. The number of amides is 1. The standard InChI is InChI=1S/C13H20N4O2/c14-10-6-11(12(15)18)13(17-7-10)16-4-1-5-19-8-9-2-3-9/h6-7,9H,1-5,8,14H2,(H2,15,18)(H,16,17). The highest BCUT2D eigenvalue weighted by Gasteiger charge is 2.20. The summed E-state index contributed by atoms with van der Waals surface area (Å²) in [4.78, 5) is 15.3. The minimum Gasteiger partial charge on any atom is -0.397 e. The van der Waals surface area contributed by atoms with Gasteiger partial charge in [0, 0.05) is 19.8 Å². The number of pyridine rings is 1. The summed E-state index contributed by atoms with van der Waals surface area (Å²) in [5.74, 6) is 0.726. The molecule has 0 bridgehead atoms. The first-order valence-electron chi connectivity index (χ1n) is 6.53. The van der Waals surface area contributed by atoms with E-state index >= 15 is 0 Å². The van der Waals surface area contributed by atoms with Crippen molar-refractivity contribution in [2.45, 2.75) is 19.3 Å². The van der Waals surface area contributed by atoms with Gasteiger partial charge in [-0.25, -0.2) is 4.98 Å². The summed E-state index contributed by atoms with van der Waals surface area (Å²) in [6.45, 7) is 2.26. The quantitative estimate of drug-likeness (QED) is 0.607. The number of ether oxygens (including phenoxy) is 1. The van der Waals surface area contributed by atoms with Crippen molar-refractivity contribution >= 4 is 17.4 Å². The van der Waals surface area contributed by atoms with Gasteiger partial charge >= 0.3 is 0 Å². The Labute approximate surface area is 112 Å². The fourth-order valence-electron chi connectivity index (χ4n) is 1.73. The number of hydrogen-bond donors (Lipinski definition) is 3. The van der Waals surface area contributed by atoms with E-state index in [4.69, 9.17) is 16.2 Å². The number of aromatic nitrogens is 1. The van der Waals surface area contributed by atoms with Gasteiger partial charge in [-0.1, -0.05) is 0 Å². The number of carbonyl (C=O) groups is 1. The van der Waals surface area contributed by atoms with E-state index < -0.39 is 5.91 Å². The Morgan fingerprint density at radius 1 is 1.53 bits per heavy atom. The number of carbonyl (C=O) groups excluding carboxylic acids is 1. The van der Waals surface area contributed by atoms with Crippen LogP contribution in [0.15, 0.2) is 12.3 Å². The highest BCUT2D eigenvalue weighted by atomic mass is 16.5. The van der Waals surface area contributed by atoms with E-state index in [9.17, 15) is 4.79 Å². The normalized spacial score (nSPS) is 14.3.